The number of nitrogens with one attached hydrogen (secondary N) is 2. The van der Waals surface area contributed by atoms with E-state index in [0.29, 0.717) is 16.9 Å². The number of fused-ring (bicyclic) bond motifs is 1. The zero-order valence-corrected chi connectivity index (χ0v) is 18.0. The predicted octanol–water partition coefficient (Wildman–Crippen LogP) is 5.78. The molecule has 158 valence electrons. The van der Waals surface area contributed by atoms with E-state index in [1.165, 1.54) is 35.2 Å². The van der Waals surface area contributed by atoms with Crippen molar-refractivity contribution in [2.24, 2.45) is 5.41 Å². The summed E-state index contributed by atoms with van der Waals surface area (Å²) in [5.41, 5.74) is 3.94. The zero-order valence-electron chi connectivity index (χ0n) is 18.0. The first-order valence-electron chi connectivity index (χ1n) is 10.7. The second-order valence-electron chi connectivity index (χ2n) is 9.58. The largest absolute Gasteiger partial charge is 0.361 e. The van der Waals surface area contributed by atoms with Gasteiger partial charge in [0, 0.05) is 34.9 Å². The maximum Gasteiger partial charge on any atom is 0.255 e. The van der Waals surface area contributed by atoms with Crippen LogP contribution in [0.2, 0.25) is 0 Å². The monoisotopic (exact) mass is 407 g/mol. The Labute approximate surface area is 177 Å². The number of H-pyrrole nitrogens is 1. The van der Waals surface area contributed by atoms with Gasteiger partial charge in [-0.2, -0.15) is 0 Å². The van der Waals surface area contributed by atoms with Crippen LogP contribution in [0.3, 0.4) is 0 Å². The van der Waals surface area contributed by atoms with Gasteiger partial charge in [0.15, 0.2) is 0 Å². The molecule has 5 heteroatoms. The van der Waals surface area contributed by atoms with Crippen molar-refractivity contribution in [3.63, 3.8) is 0 Å². The number of aromatic amines is 1. The Hall–Kier alpha value is -2.66. The van der Waals surface area contributed by atoms with Crippen LogP contribution < -0.4 is 5.32 Å². The van der Waals surface area contributed by atoms with E-state index in [2.05, 4.69) is 42.2 Å². The van der Waals surface area contributed by atoms with E-state index < -0.39 is 0 Å². The van der Waals surface area contributed by atoms with Crippen molar-refractivity contribution in [1.29, 1.82) is 0 Å². The Morgan fingerprint density at radius 3 is 2.50 bits per heavy atom. The first-order chi connectivity index (χ1) is 14.3. The SMILES string of the molecule is CC(C)(C)CN1CCC(c2c[nH]c3ccc(NC(=O)c4ccc(F)cc4)cc23)CC1. The zero-order chi connectivity index (χ0) is 21.3. The Bertz CT molecular complexity index is 1020. The molecule has 1 aromatic heterocycles. The summed E-state index contributed by atoms with van der Waals surface area (Å²) in [6, 6.07) is 11.5. The number of nitrogens with zero attached hydrogens (tertiary/aromatic N) is 1. The highest BCUT2D eigenvalue weighted by Gasteiger charge is 2.25. The molecule has 4 nitrogen and oxygen atoms in total. The van der Waals surface area contributed by atoms with Crippen molar-refractivity contribution in [2.75, 3.05) is 25.0 Å². The molecule has 2 N–H and O–H groups in total. The molecule has 3 aromatic rings. The second-order valence-corrected chi connectivity index (χ2v) is 9.58. The van der Waals surface area contributed by atoms with Gasteiger partial charge in [-0.15, -0.1) is 0 Å². The third-order valence-electron chi connectivity index (χ3n) is 5.80. The summed E-state index contributed by atoms with van der Waals surface area (Å²) in [5, 5.41) is 4.11. The van der Waals surface area contributed by atoms with Gasteiger partial charge in [-0.1, -0.05) is 20.8 Å². The van der Waals surface area contributed by atoms with E-state index in [1.807, 2.05) is 18.2 Å². The maximum atomic E-state index is 13.1. The number of rotatable bonds is 4. The quantitative estimate of drug-likeness (QED) is 0.575. The van der Waals surface area contributed by atoms with Gasteiger partial charge >= 0.3 is 0 Å². The number of hydrogen-bond donors (Lipinski definition) is 2. The Morgan fingerprint density at radius 2 is 1.83 bits per heavy atom. The van der Waals surface area contributed by atoms with Gasteiger partial charge in [0.1, 0.15) is 5.82 Å². The molecule has 0 bridgehead atoms. The Morgan fingerprint density at radius 1 is 1.13 bits per heavy atom. The molecule has 1 aliphatic heterocycles. The number of halogens is 1. The molecule has 0 saturated carbocycles. The van der Waals surface area contributed by atoms with Crippen molar-refractivity contribution in [2.45, 2.75) is 39.5 Å². The normalized spacial score (nSPS) is 16.1. The van der Waals surface area contributed by atoms with Gasteiger partial charge in [-0.3, -0.25) is 4.79 Å². The molecule has 0 spiro atoms. The first-order valence-corrected chi connectivity index (χ1v) is 10.7. The van der Waals surface area contributed by atoms with E-state index in [9.17, 15) is 9.18 Å². The molecule has 0 atom stereocenters. The van der Waals surface area contributed by atoms with Gasteiger partial charge in [-0.05, 0) is 85.3 Å². The summed E-state index contributed by atoms with van der Waals surface area (Å²) in [6.07, 6.45) is 4.42. The van der Waals surface area contributed by atoms with Crippen molar-refractivity contribution in [1.82, 2.24) is 9.88 Å². The minimum absolute atomic E-state index is 0.234. The third kappa shape index (κ3) is 4.73. The Balaban J connectivity index is 1.48. The lowest BCUT2D eigenvalue weighted by atomic mass is 9.87. The van der Waals surface area contributed by atoms with E-state index in [-0.39, 0.29) is 11.7 Å². The molecule has 1 saturated heterocycles. The van der Waals surface area contributed by atoms with Crippen LogP contribution in [0.25, 0.3) is 10.9 Å². The topological polar surface area (TPSA) is 48.1 Å². The van der Waals surface area contributed by atoms with E-state index in [0.717, 1.165) is 43.7 Å². The fourth-order valence-corrected chi connectivity index (χ4v) is 4.44. The lowest BCUT2D eigenvalue weighted by molar-refractivity contribution is 0.102. The average molecular weight is 408 g/mol. The van der Waals surface area contributed by atoms with Crippen LogP contribution in [0.15, 0.2) is 48.7 Å². The molecular weight excluding hydrogens is 377 g/mol. The first kappa shape index (κ1) is 20.6. The van der Waals surface area contributed by atoms with E-state index >= 15 is 0 Å². The fourth-order valence-electron chi connectivity index (χ4n) is 4.44. The maximum absolute atomic E-state index is 13.1. The van der Waals surface area contributed by atoms with Crippen LogP contribution in [0.1, 0.15) is 55.5 Å². The lowest BCUT2D eigenvalue weighted by Gasteiger charge is -2.36. The van der Waals surface area contributed by atoms with Crippen LogP contribution in [0, 0.1) is 11.2 Å². The van der Waals surface area contributed by atoms with Crippen LogP contribution in [0.4, 0.5) is 10.1 Å². The number of hydrogen-bond acceptors (Lipinski definition) is 2. The van der Waals surface area contributed by atoms with Crippen LogP contribution in [0.5, 0.6) is 0 Å². The van der Waals surface area contributed by atoms with Gasteiger partial charge in [0.25, 0.3) is 5.91 Å². The molecule has 1 amide bonds. The smallest absolute Gasteiger partial charge is 0.255 e. The minimum atomic E-state index is -0.349. The second kappa shape index (κ2) is 8.23. The van der Waals surface area contributed by atoms with E-state index in [4.69, 9.17) is 0 Å². The molecule has 4 rings (SSSR count). The highest BCUT2D eigenvalue weighted by Crippen LogP contribution is 2.35. The molecule has 0 aliphatic carbocycles. The number of carbonyl (C=O) groups is 1. The summed E-state index contributed by atoms with van der Waals surface area (Å²) >= 11 is 0. The molecule has 30 heavy (non-hydrogen) atoms. The van der Waals surface area contributed by atoms with Gasteiger partial charge in [-0.25, -0.2) is 4.39 Å². The molecule has 1 aliphatic rings. The molecule has 0 unspecified atom stereocenters. The molecular formula is C25H30FN3O. The summed E-state index contributed by atoms with van der Waals surface area (Å²) < 4.78 is 13.1. The summed E-state index contributed by atoms with van der Waals surface area (Å²) in [7, 11) is 0. The highest BCUT2D eigenvalue weighted by atomic mass is 19.1. The Kier molecular flexibility index (Phi) is 5.65. The number of aromatic nitrogens is 1. The van der Waals surface area contributed by atoms with Gasteiger partial charge in [0.05, 0.1) is 0 Å². The van der Waals surface area contributed by atoms with Crippen LogP contribution in [-0.2, 0) is 0 Å². The highest BCUT2D eigenvalue weighted by molar-refractivity contribution is 6.05. The molecule has 2 aromatic carbocycles. The number of amides is 1. The lowest BCUT2D eigenvalue weighted by Crippen LogP contribution is -2.38. The molecule has 2 heterocycles. The molecule has 0 radical (unpaired) electrons. The average Bonchev–Trinajstić information content (AvgIpc) is 3.11. The van der Waals surface area contributed by atoms with Crippen LogP contribution >= 0.6 is 0 Å². The fraction of sp³-hybridized carbons (Fsp3) is 0.400. The molecule has 1 fully saturated rings. The number of anilines is 1. The number of benzene rings is 2. The summed E-state index contributed by atoms with van der Waals surface area (Å²) in [5.74, 6) is -0.0570. The third-order valence-corrected chi connectivity index (χ3v) is 5.80. The number of likely N-dealkylation sites (tertiary alicyclic amines) is 1. The van der Waals surface area contributed by atoms with E-state index in [1.54, 1.807) is 0 Å². The number of carbonyl (C=O) groups excluding carboxylic acids is 1. The summed E-state index contributed by atoms with van der Waals surface area (Å²) in [6.45, 7) is 10.2. The number of piperidine rings is 1. The van der Waals surface area contributed by atoms with Gasteiger partial charge in [0.2, 0.25) is 0 Å². The van der Waals surface area contributed by atoms with Gasteiger partial charge < -0.3 is 15.2 Å². The minimum Gasteiger partial charge on any atom is -0.361 e. The van der Waals surface area contributed by atoms with Crippen molar-refractivity contribution in [3.05, 3.63) is 65.6 Å². The standard InChI is InChI=1S/C25H30FN3O/c1-25(2,3)16-29-12-10-17(11-13-29)22-15-27-23-9-8-20(14-21(22)23)28-24(30)18-4-6-19(26)7-5-18/h4-9,14-15,17,27H,10-13,16H2,1-3H3,(H,28,30). The predicted molar refractivity (Wildman–Crippen MR) is 121 cm³/mol. The van der Waals surface area contributed by atoms with Crippen molar-refractivity contribution < 1.29 is 9.18 Å². The van der Waals surface area contributed by atoms with Crippen molar-refractivity contribution in [3.8, 4) is 0 Å². The summed E-state index contributed by atoms with van der Waals surface area (Å²) in [4.78, 5) is 18.4. The van der Waals surface area contributed by atoms with Crippen LogP contribution in [-0.4, -0.2) is 35.4 Å². The van der Waals surface area contributed by atoms with Crippen molar-refractivity contribution >= 4 is 22.5 Å².